The molecule has 3 atom stereocenters. The normalized spacial score (nSPS) is 19.9. The molecular formula is C38H41FN2O4. The number of likely N-dealkylation sites (tertiary alicyclic amines) is 2. The van der Waals surface area contributed by atoms with Gasteiger partial charge in [0, 0.05) is 31.1 Å². The third-order valence-electron chi connectivity index (χ3n) is 9.60. The second-order valence-corrected chi connectivity index (χ2v) is 12.5. The number of esters is 1. The lowest BCUT2D eigenvalue weighted by molar-refractivity contribution is 0.0405. The molecule has 2 saturated heterocycles. The van der Waals surface area contributed by atoms with E-state index in [1.807, 2.05) is 65.6 Å². The molecule has 234 valence electrons. The lowest BCUT2D eigenvalue weighted by Crippen LogP contribution is -2.40. The van der Waals surface area contributed by atoms with Gasteiger partial charge in [0.15, 0.2) is 0 Å². The Hall–Kier alpha value is -4.07. The van der Waals surface area contributed by atoms with Gasteiger partial charge in [-0.1, -0.05) is 66.7 Å². The standard InChI is InChI=1S/C38H41FN2O4/c39-32-17-15-27(16-18-32)28-19-21-40(22-20-28)24-31-25-41(37(43)34-13-6-11-29-8-4-5-12-33(29)34)26-35(31)36(42)14-7-23-45-38(44)30-9-2-1-3-10-30/h1-6,8-13,15-18,28,31,35-36,42H,7,14,19-26H2. The zero-order chi connectivity index (χ0) is 31.2. The topological polar surface area (TPSA) is 70.1 Å². The molecule has 4 aromatic carbocycles. The molecule has 1 N–H and O–H groups in total. The summed E-state index contributed by atoms with van der Waals surface area (Å²) in [6.07, 6.45) is 2.41. The molecule has 0 bridgehead atoms. The molecule has 0 aromatic heterocycles. The van der Waals surface area contributed by atoms with Gasteiger partial charge in [-0.25, -0.2) is 9.18 Å². The van der Waals surface area contributed by atoms with E-state index in [1.54, 1.807) is 24.3 Å². The number of aliphatic hydroxyl groups is 1. The van der Waals surface area contributed by atoms with Crippen LogP contribution in [0.4, 0.5) is 4.39 Å². The van der Waals surface area contributed by atoms with Gasteiger partial charge >= 0.3 is 5.97 Å². The van der Waals surface area contributed by atoms with Gasteiger partial charge in [0.05, 0.1) is 18.3 Å². The molecule has 0 radical (unpaired) electrons. The number of aliphatic hydroxyl groups excluding tert-OH is 1. The van der Waals surface area contributed by atoms with Crippen molar-refractivity contribution in [3.63, 3.8) is 0 Å². The maximum atomic E-state index is 13.9. The van der Waals surface area contributed by atoms with Crippen LogP contribution < -0.4 is 0 Å². The van der Waals surface area contributed by atoms with Crippen LogP contribution in [0, 0.1) is 17.7 Å². The predicted octanol–water partition coefficient (Wildman–Crippen LogP) is 6.54. The number of ether oxygens (including phenoxy) is 1. The number of hydrogen-bond donors (Lipinski definition) is 1. The number of hydrogen-bond acceptors (Lipinski definition) is 5. The Morgan fingerprint density at radius 2 is 1.58 bits per heavy atom. The third-order valence-corrected chi connectivity index (χ3v) is 9.60. The van der Waals surface area contributed by atoms with Gasteiger partial charge in [-0.15, -0.1) is 0 Å². The summed E-state index contributed by atoms with van der Waals surface area (Å²) in [6, 6.07) is 29.6. The monoisotopic (exact) mass is 608 g/mol. The Morgan fingerprint density at radius 1 is 0.867 bits per heavy atom. The highest BCUT2D eigenvalue weighted by Gasteiger charge is 2.40. The molecule has 45 heavy (non-hydrogen) atoms. The third kappa shape index (κ3) is 7.43. The summed E-state index contributed by atoms with van der Waals surface area (Å²) in [4.78, 5) is 30.6. The van der Waals surface area contributed by atoms with E-state index in [-0.39, 0.29) is 36.1 Å². The summed E-state index contributed by atoms with van der Waals surface area (Å²) < 4.78 is 18.9. The molecule has 3 unspecified atom stereocenters. The van der Waals surface area contributed by atoms with Crippen molar-refractivity contribution in [2.24, 2.45) is 11.8 Å². The first-order valence-electron chi connectivity index (χ1n) is 16.1. The molecule has 0 aliphatic carbocycles. The van der Waals surface area contributed by atoms with Crippen LogP contribution in [0.3, 0.4) is 0 Å². The fourth-order valence-electron chi connectivity index (χ4n) is 7.12. The maximum absolute atomic E-state index is 13.9. The van der Waals surface area contributed by atoms with Gasteiger partial charge in [0.2, 0.25) is 0 Å². The summed E-state index contributed by atoms with van der Waals surface area (Å²) in [5.41, 5.74) is 2.39. The molecule has 0 saturated carbocycles. The molecule has 6 nitrogen and oxygen atoms in total. The molecule has 2 aliphatic rings. The van der Waals surface area contributed by atoms with Gasteiger partial charge < -0.3 is 19.6 Å². The molecule has 2 aliphatic heterocycles. The van der Waals surface area contributed by atoms with E-state index in [4.69, 9.17) is 4.74 Å². The minimum atomic E-state index is -0.618. The second kappa shape index (κ2) is 14.4. The Labute approximate surface area is 264 Å². The summed E-state index contributed by atoms with van der Waals surface area (Å²) in [5, 5.41) is 13.4. The highest BCUT2D eigenvalue weighted by Crippen LogP contribution is 2.34. The van der Waals surface area contributed by atoms with Crippen molar-refractivity contribution in [1.82, 2.24) is 9.80 Å². The van der Waals surface area contributed by atoms with Crippen LogP contribution >= 0.6 is 0 Å². The second-order valence-electron chi connectivity index (χ2n) is 12.5. The first kappa shape index (κ1) is 30.9. The van der Waals surface area contributed by atoms with Gasteiger partial charge in [0.25, 0.3) is 5.91 Å². The lowest BCUT2D eigenvalue weighted by Gasteiger charge is -2.35. The smallest absolute Gasteiger partial charge is 0.338 e. The quantitative estimate of drug-likeness (QED) is 0.164. The van der Waals surface area contributed by atoms with E-state index in [1.165, 1.54) is 17.7 Å². The first-order valence-corrected chi connectivity index (χ1v) is 16.1. The molecule has 1 amide bonds. The van der Waals surface area contributed by atoms with Crippen molar-refractivity contribution in [1.29, 1.82) is 0 Å². The minimum absolute atomic E-state index is 0.00157. The first-order chi connectivity index (χ1) is 22.0. The summed E-state index contributed by atoms with van der Waals surface area (Å²) in [6.45, 7) is 3.97. The van der Waals surface area contributed by atoms with Crippen molar-refractivity contribution in [2.45, 2.75) is 37.7 Å². The molecule has 2 heterocycles. The number of halogens is 1. The highest BCUT2D eigenvalue weighted by molar-refractivity contribution is 6.07. The van der Waals surface area contributed by atoms with E-state index in [9.17, 15) is 19.1 Å². The molecule has 2 fully saturated rings. The number of rotatable bonds is 10. The predicted molar refractivity (Wildman–Crippen MR) is 174 cm³/mol. The van der Waals surface area contributed by atoms with E-state index in [2.05, 4.69) is 4.90 Å². The van der Waals surface area contributed by atoms with Crippen LogP contribution in [0.2, 0.25) is 0 Å². The van der Waals surface area contributed by atoms with Crippen molar-refractivity contribution in [3.05, 3.63) is 120 Å². The van der Waals surface area contributed by atoms with E-state index in [0.29, 0.717) is 43.0 Å². The molecule has 0 spiro atoms. The zero-order valence-electron chi connectivity index (χ0n) is 25.6. The number of carbonyl (C=O) groups excluding carboxylic acids is 2. The van der Waals surface area contributed by atoms with Crippen molar-refractivity contribution < 1.29 is 23.8 Å². The fraction of sp³-hybridized carbons (Fsp3) is 0.368. The number of nitrogens with zero attached hydrogens (tertiary/aromatic N) is 2. The van der Waals surface area contributed by atoms with Crippen molar-refractivity contribution >= 4 is 22.6 Å². The Balaban J connectivity index is 1.10. The summed E-state index contributed by atoms with van der Waals surface area (Å²) in [5.74, 6) is -0.122. The Kier molecular flexibility index (Phi) is 9.87. The van der Waals surface area contributed by atoms with E-state index >= 15 is 0 Å². The number of benzene rings is 4. The number of piperidine rings is 1. The Bertz CT molecular complexity index is 1580. The van der Waals surface area contributed by atoms with Crippen LogP contribution in [0.25, 0.3) is 10.8 Å². The van der Waals surface area contributed by atoms with Crippen molar-refractivity contribution in [2.75, 3.05) is 39.3 Å². The minimum Gasteiger partial charge on any atom is -0.462 e. The molecular weight excluding hydrogens is 567 g/mol. The number of fused-ring (bicyclic) bond motifs is 1. The molecule has 6 rings (SSSR count). The van der Waals surface area contributed by atoms with Gasteiger partial charge in [-0.05, 0) is 97.3 Å². The van der Waals surface area contributed by atoms with Gasteiger partial charge in [0.1, 0.15) is 5.82 Å². The molecule has 4 aromatic rings. The molecule has 7 heteroatoms. The average molecular weight is 609 g/mol. The summed E-state index contributed by atoms with van der Waals surface area (Å²) in [7, 11) is 0. The highest BCUT2D eigenvalue weighted by atomic mass is 19.1. The van der Waals surface area contributed by atoms with Crippen LogP contribution in [-0.2, 0) is 4.74 Å². The summed E-state index contributed by atoms with van der Waals surface area (Å²) >= 11 is 0. The lowest BCUT2D eigenvalue weighted by atomic mass is 9.86. The van der Waals surface area contributed by atoms with E-state index in [0.717, 1.165) is 43.2 Å². The number of carbonyl (C=O) groups is 2. The fourth-order valence-corrected chi connectivity index (χ4v) is 7.12. The van der Waals surface area contributed by atoms with Gasteiger partial charge in [-0.2, -0.15) is 0 Å². The SMILES string of the molecule is O=C(OCCCC(O)C1CN(C(=O)c2cccc3ccccc23)CC1CN1CCC(c2ccc(F)cc2)CC1)c1ccccc1. The average Bonchev–Trinajstić information content (AvgIpc) is 3.51. The zero-order valence-corrected chi connectivity index (χ0v) is 25.6. The Morgan fingerprint density at radius 3 is 2.36 bits per heavy atom. The van der Waals surface area contributed by atoms with Crippen LogP contribution in [-0.4, -0.2) is 72.2 Å². The van der Waals surface area contributed by atoms with Crippen LogP contribution in [0.1, 0.15) is 57.9 Å². The largest absolute Gasteiger partial charge is 0.462 e. The van der Waals surface area contributed by atoms with Gasteiger partial charge in [-0.3, -0.25) is 4.79 Å². The van der Waals surface area contributed by atoms with Crippen molar-refractivity contribution in [3.8, 4) is 0 Å². The van der Waals surface area contributed by atoms with E-state index < -0.39 is 6.10 Å². The number of amides is 1. The van der Waals surface area contributed by atoms with Crippen LogP contribution in [0.5, 0.6) is 0 Å². The van der Waals surface area contributed by atoms with Crippen LogP contribution in [0.15, 0.2) is 97.1 Å². The maximum Gasteiger partial charge on any atom is 0.338 e.